The molecule has 0 saturated carbocycles. The second-order valence-electron chi connectivity index (χ2n) is 4.53. The Balaban J connectivity index is 0.000000505. The van der Waals surface area contributed by atoms with Crippen LogP contribution in [0.5, 0.6) is 0 Å². The van der Waals surface area contributed by atoms with Gasteiger partial charge in [0.1, 0.15) is 5.56 Å². The van der Waals surface area contributed by atoms with Gasteiger partial charge in [-0.3, -0.25) is 10.1 Å². The molecule has 0 radical (unpaired) electrons. The van der Waals surface area contributed by atoms with E-state index in [4.69, 9.17) is 10.2 Å². The van der Waals surface area contributed by atoms with E-state index in [1.54, 1.807) is 0 Å². The average Bonchev–Trinajstić information content (AvgIpc) is 2.64. The third-order valence-corrected chi connectivity index (χ3v) is 2.82. The number of hydrogen-bond acceptors (Lipinski definition) is 4. The van der Waals surface area contributed by atoms with Crippen molar-refractivity contribution in [2.75, 3.05) is 0 Å². The van der Waals surface area contributed by atoms with Gasteiger partial charge in [0.05, 0.1) is 10.5 Å². The molecule has 7 nitrogen and oxygen atoms in total. The van der Waals surface area contributed by atoms with Crippen LogP contribution in [0.4, 0.5) is 32.0 Å². The van der Waals surface area contributed by atoms with Crippen LogP contribution >= 0.6 is 37.2 Å². The molecular formula is C14H5F6I3NO6-. The van der Waals surface area contributed by atoms with Crippen molar-refractivity contribution in [2.24, 2.45) is 0 Å². The second-order valence-corrected chi connectivity index (χ2v) is 20.8. The summed E-state index contributed by atoms with van der Waals surface area (Å²) in [6.07, 6.45) is 0. The van der Waals surface area contributed by atoms with Gasteiger partial charge in [-0.1, -0.05) is 0 Å². The summed E-state index contributed by atoms with van der Waals surface area (Å²) in [6, 6.07) is 1.34. The van der Waals surface area contributed by atoms with Crippen molar-refractivity contribution in [1.82, 2.24) is 0 Å². The van der Waals surface area contributed by atoms with Gasteiger partial charge in [-0.25, -0.2) is 31.5 Å². The maximum atomic E-state index is 12.7. The monoisotopic (exact) mass is 778 g/mol. The molecule has 0 bridgehead atoms. The molecule has 0 heterocycles. The Morgan fingerprint density at radius 3 is 1.67 bits per heavy atom. The molecule has 0 atom stereocenters. The van der Waals surface area contributed by atoms with Crippen LogP contribution in [0, 0.1) is 45.0 Å². The molecule has 0 saturated heterocycles. The van der Waals surface area contributed by atoms with Crippen molar-refractivity contribution >= 4 is 54.9 Å². The van der Waals surface area contributed by atoms with Crippen LogP contribution in [0.2, 0.25) is 0 Å². The number of carbonyl (C=O) groups is 2. The molecule has 30 heavy (non-hydrogen) atoms. The van der Waals surface area contributed by atoms with Gasteiger partial charge >= 0.3 is 68.1 Å². The number of hydrogen-bond donors (Lipinski definition) is 2. The molecule has 0 unspecified atom stereocenters. The summed E-state index contributed by atoms with van der Waals surface area (Å²) in [4.78, 5) is 29.3. The summed E-state index contributed by atoms with van der Waals surface area (Å²) in [5, 5.41) is 26.7. The van der Waals surface area contributed by atoms with E-state index in [0.29, 0.717) is 25.4 Å². The number of carboxylic acids is 2. The van der Waals surface area contributed by atoms with Gasteiger partial charge in [-0.2, -0.15) is 4.39 Å². The number of nitro groups is 1. The molecule has 2 aromatic rings. The third-order valence-electron chi connectivity index (χ3n) is 2.82. The van der Waals surface area contributed by atoms with Crippen LogP contribution in [0.25, 0.3) is 0 Å². The number of nitrogens with zero attached hydrogens (tertiary/aromatic N) is 1. The largest absolute Gasteiger partial charge is 0.478 e. The van der Waals surface area contributed by atoms with Crippen molar-refractivity contribution in [2.45, 2.75) is 0 Å². The predicted molar refractivity (Wildman–Crippen MR) is 101 cm³/mol. The Kier molecular flexibility index (Phi) is 12.4. The first-order valence-corrected chi connectivity index (χ1v) is 19.2. The smallest absolute Gasteiger partial charge is 0.339 e. The van der Waals surface area contributed by atoms with Gasteiger partial charge in [0, 0.05) is 6.07 Å². The molecule has 2 N–H and O–H groups in total. The van der Waals surface area contributed by atoms with Crippen LogP contribution in [-0.2, 0) is 0 Å². The SMILES string of the molecule is I[I-]I.O=C(O)c1cc([N+](=O)[O-])c(F)c(F)c1F.O=C(O)c1ccc(F)c(F)c1F. The Hall–Kier alpha value is -1.45. The zero-order valence-corrected chi connectivity index (χ0v) is 20.1. The van der Waals surface area contributed by atoms with E-state index in [1.165, 1.54) is 0 Å². The van der Waals surface area contributed by atoms with Crippen molar-refractivity contribution in [3.05, 3.63) is 74.3 Å². The van der Waals surface area contributed by atoms with Crippen LogP contribution in [-0.4, -0.2) is 27.1 Å². The topological polar surface area (TPSA) is 118 Å². The van der Waals surface area contributed by atoms with Crippen LogP contribution in [0.1, 0.15) is 20.7 Å². The molecule has 0 amide bonds. The van der Waals surface area contributed by atoms with E-state index in [-0.39, 0.29) is 6.07 Å². The van der Waals surface area contributed by atoms with Crippen molar-refractivity contribution in [3.8, 4) is 0 Å². The van der Waals surface area contributed by atoms with E-state index in [9.17, 15) is 46.0 Å². The summed E-state index contributed by atoms with van der Waals surface area (Å²) in [5.74, 6) is -14.6. The molecule has 16 heteroatoms. The van der Waals surface area contributed by atoms with Crippen LogP contribution in [0.3, 0.4) is 0 Å². The zero-order chi connectivity index (χ0) is 23.8. The number of rotatable bonds is 3. The molecule has 166 valence electrons. The number of benzene rings is 2. The number of halogens is 9. The fourth-order valence-electron chi connectivity index (χ4n) is 1.57. The molecule has 0 fully saturated rings. The molecule has 0 aromatic heterocycles. The van der Waals surface area contributed by atoms with Gasteiger partial charge in [-0.15, -0.1) is 0 Å². The van der Waals surface area contributed by atoms with E-state index < -0.39 is 68.6 Å². The van der Waals surface area contributed by atoms with E-state index in [1.807, 2.05) is 0 Å². The Labute approximate surface area is 192 Å². The number of aromatic carboxylic acids is 2. The van der Waals surface area contributed by atoms with Gasteiger partial charge in [0.15, 0.2) is 23.3 Å². The van der Waals surface area contributed by atoms with Crippen molar-refractivity contribution < 1.29 is 64.3 Å². The Bertz CT molecular complexity index is 940. The van der Waals surface area contributed by atoms with Gasteiger partial charge in [-0.05, 0) is 12.1 Å². The third kappa shape index (κ3) is 7.67. The molecule has 2 aromatic carbocycles. The van der Waals surface area contributed by atoms with E-state index in [2.05, 4.69) is 37.2 Å². The summed E-state index contributed by atoms with van der Waals surface area (Å²) in [5.41, 5.74) is -3.60. The number of nitro benzene ring substituents is 1. The van der Waals surface area contributed by atoms with E-state index in [0.717, 1.165) is 0 Å². The van der Waals surface area contributed by atoms with Crippen LogP contribution in [0.15, 0.2) is 18.2 Å². The number of carboxylic acid groups (broad SMARTS) is 2. The summed E-state index contributed by atoms with van der Waals surface area (Å²) >= 11 is 5.30. The quantitative estimate of drug-likeness (QED) is 0.163. The maximum Gasteiger partial charge on any atom is 0.339 e. The first kappa shape index (κ1) is 28.5. The van der Waals surface area contributed by atoms with E-state index >= 15 is 0 Å². The molecule has 2 rings (SSSR count). The minimum Gasteiger partial charge on any atom is -0.478 e. The predicted octanol–water partition coefficient (Wildman–Crippen LogP) is 2.29. The maximum absolute atomic E-state index is 12.7. The zero-order valence-electron chi connectivity index (χ0n) is 13.6. The first-order valence-electron chi connectivity index (χ1n) is 6.60. The molecular weight excluding hydrogens is 773 g/mol. The second kappa shape index (κ2) is 13.1. The molecule has 0 aliphatic carbocycles. The van der Waals surface area contributed by atoms with Crippen molar-refractivity contribution in [3.63, 3.8) is 0 Å². The Morgan fingerprint density at radius 1 is 0.833 bits per heavy atom. The normalized spacial score (nSPS) is 9.73. The summed E-state index contributed by atoms with van der Waals surface area (Å²) in [7, 11) is 0. The standard InChI is InChI=1S/C7H2F3NO4.C7H3F3O2.I3/c8-4-2(7(12)13)1-3(11(14)15)5(9)6(4)10;8-4-2-1-3(7(11)12)5(9)6(4)10;1-3-2/h1H,(H,12,13);1-2H,(H,11,12);/q;;-1. The van der Waals surface area contributed by atoms with Crippen LogP contribution < -0.4 is 13.3 Å². The summed E-state index contributed by atoms with van der Waals surface area (Å²) in [6.45, 7) is 0. The average molecular weight is 778 g/mol. The molecule has 0 aliphatic rings. The summed E-state index contributed by atoms with van der Waals surface area (Å²) < 4.78 is 75.2. The molecule has 0 spiro atoms. The fourth-order valence-corrected chi connectivity index (χ4v) is 1.57. The first-order chi connectivity index (χ1) is 13.8. The van der Waals surface area contributed by atoms with Gasteiger partial charge in [0.2, 0.25) is 11.6 Å². The van der Waals surface area contributed by atoms with Crippen molar-refractivity contribution in [1.29, 1.82) is 0 Å². The minimum absolute atomic E-state index is 0.121. The van der Waals surface area contributed by atoms with Gasteiger partial charge in [0.25, 0.3) is 0 Å². The Morgan fingerprint density at radius 2 is 1.27 bits per heavy atom. The molecule has 0 aliphatic heterocycles. The fraction of sp³-hybridized carbons (Fsp3) is 0. The van der Waals surface area contributed by atoms with Gasteiger partial charge < -0.3 is 10.2 Å². The minimum atomic E-state index is -2.18.